The van der Waals surface area contributed by atoms with Gasteiger partial charge in [0.15, 0.2) is 0 Å². The molecule has 0 atom stereocenters. The zero-order chi connectivity index (χ0) is 33.0. The predicted molar refractivity (Wildman–Crippen MR) is 208 cm³/mol. The van der Waals surface area contributed by atoms with Crippen molar-refractivity contribution in [2.75, 3.05) is 0 Å². The van der Waals surface area contributed by atoms with Crippen LogP contribution in [0.3, 0.4) is 0 Å². The lowest BCUT2D eigenvalue weighted by atomic mass is 9.92. The van der Waals surface area contributed by atoms with Gasteiger partial charge in [0, 0.05) is 32.7 Å². The monoisotopic (exact) mass is 638 g/mol. The molecule has 234 valence electrons. The SMILES string of the molecule is c1ccc(-c2cc(-c3ccccc3)cc(-c3cccc4c3oc3c(-c5ccccc5)c5oc6c(-c7ccccc7)cccc6c5cc34)c2)cc1. The third-order valence-corrected chi connectivity index (χ3v) is 9.86. The molecule has 0 saturated carbocycles. The van der Waals surface area contributed by atoms with E-state index in [0.29, 0.717) is 0 Å². The third-order valence-electron chi connectivity index (χ3n) is 9.86. The summed E-state index contributed by atoms with van der Waals surface area (Å²) < 4.78 is 14.0. The third kappa shape index (κ3) is 4.57. The van der Waals surface area contributed by atoms with Crippen molar-refractivity contribution in [2.24, 2.45) is 0 Å². The number of benzene rings is 8. The van der Waals surface area contributed by atoms with Crippen LogP contribution in [0.1, 0.15) is 0 Å². The largest absolute Gasteiger partial charge is 0.455 e. The molecule has 2 aromatic heterocycles. The lowest BCUT2D eigenvalue weighted by molar-refractivity contribution is 0.659. The molecule has 0 spiro atoms. The number of rotatable bonds is 5. The van der Waals surface area contributed by atoms with Crippen LogP contribution in [-0.2, 0) is 0 Å². The van der Waals surface area contributed by atoms with E-state index < -0.39 is 0 Å². The van der Waals surface area contributed by atoms with Crippen molar-refractivity contribution in [3.63, 3.8) is 0 Å². The average Bonchev–Trinajstić information content (AvgIpc) is 3.76. The molecular weight excluding hydrogens is 609 g/mol. The Bertz CT molecular complexity index is 2770. The van der Waals surface area contributed by atoms with Gasteiger partial charge >= 0.3 is 0 Å². The first-order valence-electron chi connectivity index (χ1n) is 17.0. The molecule has 0 aliphatic rings. The van der Waals surface area contributed by atoms with Crippen LogP contribution in [0.25, 0.3) is 99.5 Å². The molecule has 0 radical (unpaired) electrons. The Morgan fingerprint density at radius 2 is 0.640 bits per heavy atom. The average molecular weight is 639 g/mol. The smallest absolute Gasteiger partial charge is 0.147 e. The minimum absolute atomic E-state index is 0.828. The molecule has 0 aliphatic heterocycles. The number of para-hydroxylation sites is 2. The zero-order valence-corrected chi connectivity index (χ0v) is 27.1. The van der Waals surface area contributed by atoms with Gasteiger partial charge in [0.05, 0.1) is 5.56 Å². The molecule has 0 unspecified atom stereocenters. The van der Waals surface area contributed by atoms with Crippen LogP contribution >= 0.6 is 0 Å². The van der Waals surface area contributed by atoms with Crippen LogP contribution in [0.2, 0.25) is 0 Å². The van der Waals surface area contributed by atoms with Gasteiger partial charge in [-0.1, -0.05) is 158 Å². The molecule has 0 saturated heterocycles. The van der Waals surface area contributed by atoms with E-state index in [1.54, 1.807) is 0 Å². The summed E-state index contributed by atoms with van der Waals surface area (Å²) in [6, 6.07) is 64.2. The van der Waals surface area contributed by atoms with Gasteiger partial charge in [0.25, 0.3) is 0 Å². The van der Waals surface area contributed by atoms with Crippen molar-refractivity contribution in [3.8, 4) is 55.6 Å². The number of furan rings is 2. The highest BCUT2D eigenvalue weighted by atomic mass is 16.3. The van der Waals surface area contributed by atoms with E-state index in [9.17, 15) is 0 Å². The van der Waals surface area contributed by atoms with E-state index >= 15 is 0 Å². The van der Waals surface area contributed by atoms with E-state index in [2.05, 4.69) is 170 Å². The van der Waals surface area contributed by atoms with Crippen LogP contribution in [0.5, 0.6) is 0 Å². The van der Waals surface area contributed by atoms with Crippen LogP contribution < -0.4 is 0 Å². The van der Waals surface area contributed by atoms with Crippen LogP contribution in [0.4, 0.5) is 0 Å². The second-order valence-electron chi connectivity index (χ2n) is 12.8. The second kappa shape index (κ2) is 11.5. The fourth-order valence-corrected chi connectivity index (χ4v) is 7.50. The fraction of sp³-hybridized carbons (Fsp3) is 0. The number of hydrogen-bond acceptors (Lipinski definition) is 2. The Morgan fingerprint density at radius 3 is 1.12 bits per heavy atom. The standard InChI is InChI=1S/C48H30O2/c1-5-15-31(16-6-1)35-27-36(32-17-7-2-8-18-32)29-37(28-35)39-24-14-26-41-43-30-42-40-25-13-23-38(33-19-9-3-10-20-33)45(40)49-47(42)44(48(43)50-46(39)41)34-21-11-4-12-22-34/h1-30H. The van der Waals surface area contributed by atoms with Crippen molar-refractivity contribution in [3.05, 3.63) is 182 Å². The van der Waals surface area contributed by atoms with E-state index in [4.69, 9.17) is 8.83 Å². The van der Waals surface area contributed by atoms with E-state index in [-0.39, 0.29) is 0 Å². The van der Waals surface area contributed by atoms with Gasteiger partial charge in [-0.05, 0) is 63.2 Å². The lowest BCUT2D eigenvalue weighted by Crippen LogP contribution is -1.86. The van der Waals surface area contributed by atoms with E-state index in [1.165, 1.54) is 22.3 Å². The molecule has 0 aliphatic carbocycles. The molecule has 10 aromatic rings. The van der Waals surface area contributed by atoms with Crippen molar-refractivity contribution in [2.45, 2.75) is 0 Å². The number of hydrogen-bond donors (Lipinski definition) is 0. The molecule has 0 amide bonds. The van der Waals surface area contributed by atoms with Crippen molar-refractivity contribution < 1.29 is 8.83 Å². The van der Waals surface area contributed by atoms with Crippen molar-refractivity contribution in [1.82, 2.24) is 0 Å². The van der Waals surface area contributed by atoms with Crippen LogP contribution in [0, 0.1) is 0 Å². The van der Waals surface area contributed by atoms with E-state index in [1.807, 2.05) is 12.1 Å². The van der Waals surface area contributed by atoms with E-state index in [0.717, 1.165) is 77.3 Å². The molecule has 8 aromatic carbocycles. The van der Waals surface area contributed by atoms with Gasteiger partial charge in [-0.3, -0.25) is 0 Å². The summed E-state index contributed by atoms with van der Waals surface area (Å²) in [6.45, 7) is 0. The highest BCUT2D eigenvalue weighted by Gasteiger charge is 2.23. The van der Waals surface area contributed by atoms with Gasteiger partial charge in [0.2, 0.25) is 0 Å². The Kier molecular flexibility index (Phi) is 6.53. The highest BCUT2D eigenvalue weighted by Crippen LogP contribution is 2.47. The predicted octanol–water partition coefficient (Wildman–Crippen LogP) is 13.8. The molecule has 2 heteroatoms. The molecule has 0 N–H and O–H groups in total. The minimum atomic E-state index is 0.828. The molecule has 2 heterocycles. The maximum absolute atomic E-state index is 7.07. The topological polar surface area (TPSA) is 26.3 Å². The van der Waals surface area contributed by atoms with Crippen LogP contribution in [-0.4, -0.2) is 0 Å². The second-order valence-corrected chi connectivity index (χ2v) is 12.8. The van der Waals surface area contributed by atoms with Gasteiger partial charge < -0.3 is 8.83 Å². The summed E-state index contributed by atoms with van der Waals surface area (Å²) >= 11 is 0. The number of fused-ring (bicyclic) bond motifs is 6. The summed E-state index contributed by atoms with van der Waals surface area (Å²) in [4.78, 5) is 0. The zero-order valence-electron chi connectivity index (χ0n) is 27.1. The summed E-state index contributed by atoms with van der Waals surface area (Å²) in [6.07, 6.45) is 0. The molecule has 0 bridgehead atoms. The Labute approximate surface area is 289 Å². The van der Waals surface area contributed by atoms with Crippen LogP contribution in [0.15, 0.2) is 191 Å². The van der Waals surface area contributed by atoms with Crippen molar-refractivity contribution >= 4 is 43.9 Å². The normalized spacial score (nSPS) is 11.6. The first kappa shape index (κ1) is 28.4. The van der Waals surface area contributed by atoms with Crippen molar-refractivity contribution in [1.29, 1.82) is 0 Å². The molecule has 0 fully saturated rings. The first-order valence-corrected chi connectivity index (χ1v) is 17.0. The fourth-order valence-electron chi connectivity index (χ4n) is 7.50. The van der Waals surface area contributed by atoms with Gasteiger partial charge in [0.1, 0.15) is 22.3 Å². The maximum atomic E-state index is 7.07. The maximum Gasteiger partial charge on any atom is 0.147 e. The van der Waals surface area contributed by atoms with Gasteiger partial charge in [-0.15, -0.1) is 0 Å². The Morgan fingerprint density at radius 1 is 0.240 bits per heavy atom. The quantitative estimate of drug-likeness (QED) is 0.187. The molecule has 50 heavy (non-hydrogen) atoms. The summed E-state index contributed by atoms with van der Waals surface area (Å²) in [7, 11) is 0. The minimum Gasteiger partial charge on any atom is -0.455 e. The Hall–Kier alpha value is -6.64. The summed E-state index contributed by atoms with van der Waals surface area (Å²) in [5.41, 5.74) is 14.5. The first-order chi connectivity index (χ1) is 24.8. The molecule has 2 nitrogen and oxygen atoms in total. The summed E-state index contributed by atoms with van der Waals surface area (Å²) in [5, 5.41) is 4.32. The highest BCUT2D eigenvalue weighted by molar-refractivity contribution is 6.24. The van der Waals surface area contributed by atoms with Gasteiger partial charge in [-0.2, -0.15) is 0 Å². The van der Waals surface area contributed by atoms with Gasteiger partial charge in [-0.25, -0.2) is 0 Å². The molecule has 10 rings (SSSR count). The summed E-state index contributed by atoms with van der Waals surface area (Å²) in [5.74, 6) is 0. The Balaban J connectivity index is 1.27. The molecular formula is C48H30O2. The lowest BCUT2D eigenvalue weighted by Gasteiger charge is -2.11.